The third kappa shape index (κ3) is 5.24. The van der Waals surface area contributed by atoms with Crippen molar-refractivity contribution in [3.8, 4) is 5.75 Å². The highest BCUT2D eigenvalue weighted by atomic mass is 32.2. The summed E-state index contributed by atoms with van der Waals surface area (Å²) in [7, 11) is -2.05. The minimum absolute atomic E-state index is 0.146. The Morgan fingerprint density at radius 2 is 1.61 bits per heavy atom. The monoisotopic (exact) mass is 409 g/mol. The van der Waals surface area contributed by atoms with Gasteiger partial charge in [-0.05, 0) is 57.0 Å². The fraction of sp³-hybridized carbons (Fsp3) is 0.650. The van der Waals surface area contributed by atoms with Crippen molar-refractivity contribution < 1.29 is 17.9 Å². The number of hydrogen-bond donors (Lipinski definition) is 1. The summed E-state index contributed by atoms with van der Waals surface area (Å²) in [5.74, 6) is 0.314. The molecule has 8 heteroatoms. The van der Waals surface area contributed by atoms with Crippen molar-refractivity contribution in [3.05, 3.63) is 18.2 Å². The third-order valence-corrected chi connectivity index (χ3v) is 7.36. The largest absolute Gasteiger partial charge is 0.495 e. The molecule has 2 fully saturated rings. The van der Waals surface area contributed by atoms with E-state index in [1.807, 2.05) is 0 Å². The molecule has 2 heterocycles. The molecule has 0 saturated carbocycles. The molecule has 0 radical (unpaired) electrons. The number of hydrogen-bond acceptors (Lipinski definition) is 5. The summed E-state index contributed by atoms with van der Waals surface area (Å²) in [6.45, 7) is 3.25. The van der Waals surface area contributed by atoms with Gasteiger partial charge in [0.25, 0.3) is 0 Å². The summed E-state index contributed by atoms with van der Waals surface area (Å²) in [4.78, 5) is 14.9. The summed E-state index contributed by atoms with van der Waals surface area (Å²) in [6.07, 6.45) is 7.47. The molecular weight excluding hydrogens is 378 g/mol. The summed E-state index contributed by atoms with van der Waals surface area (Å²) >= 11 is 0. The molecule has 28 heavy (non-hydrogen) atoms. The van der Waals surface area contributed by atoms with E-state index in [2.05, 4.69) is 10.2 Å². The number of rotatable bonds is 6. The molecule has 0 spiro atoms. The van der Waals surface area contributed by atoms with E-state index in [1.54, 1.807) is 12.1 Å². The van der Waals surface area contributed by atoms with Crippen molar-refractivity contribution in [1.82, 2.24) is 9.21 Å². The van der Waals surface area contributed by atoms with E-state index < -0.39 is 10.0 Å². The molecule has 156 valence electrons. The van der Waals surface area contributed by atoms with Gasteiger partial charge in [-0.1, -0.05) is 19.3 Å². The Hall–Kier alpha value is -1.64. The Morgan fingerprint density at radius 3 is 2.25 bits per heavy atom. The van der Waals surface area contributed by atoms with Crippen LogP contribution in [0, 0.1) is 0 Å². The Balaban J connectivity index is 1.74. The normalized spacial score (nSPS) is 19.8. The van der Waals surface area contributed by atoms with Crippen LogP contribution < -0.4 is 10.1 Å². The maximum atomic E-state index is 12.9. The minimum Gasteiger partial charge on any atom is -0.495 e. The van der Waals surface area contributed by atoms with E-state index >= 15 is 0 Å². The van der Waals surface area contributed by atoms with Crippen LogP contribution in [0.1, 0.15) is 44.9 Å². The first-order chi connectivity index (χ1) is 13.5. The van der Waals surface area contributed by atoms with E-state index in [-0.39, 0.29) is 10.8 Å². The molecule has 2 aliphatic rings. The van der Waals surface area contributed by atoms with Crippen LogP contribution in [0.25, 0.3) is 0 Å². The Kier molecular flexibility index (Phi) is 7.31. The van der Waals surface area contributed by atoms with Crippen LogP contribution in [-0.4, -0.2) is 63.4 Å². The maximum Gasteiger partial charge on any atom is 0.243 e. The first-order valence-electron chi connectivity index (χ1n) is 10.2. The maximum absolute atomic E-state index is 12.9. The van der Waals surface area contributed by atoms with Gasteiger partial charge in [0.1, 0.15) is 5.75 Å². The number of methoxy groups -OCH3 is 1. The van der Waals surface area contributed by atoms with Gasteiger partial charge in [0.2, 0.25) is 15.9 Å². The number of nitrogens with zero attached hydrogens (tertiary/aromatic N) is 2. The predicted molar refractivity (Wildman–Crippen MR) is 109 cm³/mol. The van der Waals surface area contributed by atoms with Gasteiger partial charge in [0, 0.05) is 13.1 Å². The fourth-order valence-electron chi connectivity index (χ4n) is 3.89. The minimum atomic E-state index is -3.56. The number of amides is 1. The zero-order chi connectivity index (χ0) is 20.0. The van der Waals surface area contributed by atoms with Gasteiger partial charge in [-0.15, -0.1) is 0 Å². The van der Waals surface area contributed by atoms with Crippen molar-refractivity contribution in [2.45, 2.75) is 49.8 Å². The van der Waals surface area contributed by atoms with E-state index in [1.165, 1.54) is 30.3 Å². The van der Waals surface area contributed by atoms with Gasteiger partial charge in [-0.2, -0.15) is 4.31 Å². The lowest BCUT2D eigenvalue weighted by Gasteiger charge is -2.26. The predicted octanol–water partition coefficient (Wildman–Crippen LogP) is 2.68. The van der Waals surface area contributed by atoms with Crippen LogP contribution in [0.15, 0.2) is 23.1 Å². The Bertz CT molecular complexity index is 768. The number of anilines is 1. The van der Waals surface area contributed by atoms with Crippen LogP contribution in [0.4, 0.5) is 5.69 Å². The number of likely N-dealkylation sites (tertiary alicyclic amines) is 1. The molecule has 0 bridgehead atoms. The topological polar surface area (TPSA) is 79.0 Å². The molecule has 0 atom stereocenters. The molecule has 0 unspecified atom stereocenters. The summed E-state index contributed by atoms with van der Waals surface area (Å²) in [5, 5.41) is 2.86. The van der Waals surface area contributed by atoms with Gasteiger partial charge in [-0.25, -0.2) is 8.42 Å². The summed E-state index contributed by atoms with van der Waals surface area (Å²) < 4.78 is 32.7. The number of ether oxygens (including phenoxy) is 1. The summed E-state index contributed by atoms with van der Waals surface area (Å²) in [5.41, 5.74) is 0.403. The fourth-order valence-corrected chi connectivity index (χ4v) is 5.43. The molecule has 2 aliphatic heterocycles. The van der Waals surface area contributed by atoms with E-state index in [9.17, 15) is 13.2 Å². The number of nitrogens with one attached hydrogen (secondary N) is 1. The highest BCUT2D eigenvalue weighted by Crippen LogP contribution is 2.30. The second-order valence-corrected chi connectivity index (χ2v) is 9.50. The Labute approximate surface area is 168 Å². The van der Waals surface area contributed by atoms with Crippen LogP contribution in [-0.2, 0) is 14.8 Å². The van der Waals surface area contributed by atoms with Crippen molar-refractivity contribution in [3.63, 3.8) is 0 Å². The second-order valence-electron chi connectivity index (χ2n) is 7.57. The molecule has 1 aromatic rings. The van der Waals surface area contributed by atoms with Crippen LogP contribution >= 0.6 is 0 Å². The van der Waals surface area contributed by atoms with E-state index in [0.29, 0.717) is 31.1 Å². The SMILES string of the molecule is COc1ccc(S(=O)(=O)N2CCCCC2)cc1NC(=O)CN1CCCCCC1. The molecule has 0 aliphatic carbocycles. The first-order valence-corrected chi connectivity index (χ1v) is 11.6. The van der Waals surface area contributed by atoms with E-state index in [0.717, 1.165) is 45.2 Å². The number of sulfonamides is 1. The van der Waals surface area contributed by atoms with Crippen LogP contribution in [0.2, 0.25) is 0 Å². The van der Waals surface area contributed by atoms with E-state index in [4.69, 9.17) is 4.74 Å². The smallest absolute Gasteiger partial charge is 0.243 e. The molecule has 0 aromatic heterocycles. The molecule has 3 rings (SSSR count). The molecule has 1 aromatic carbocycles. The molecule has 7 nitrogen and oxygen atoms in total. The van der Waals surface area contributed by atoms with Gasteiger partial charge < -0.3 is 10.1 Å². The highest BCUT2D eigenvalue weighted by Gasteiger charge is 2.27. The lowest BCUT2D eigenvalue weighted by molar-refractivity contribution is -0.117. The zero-order valence-electron chi connectivity index (χ0n) is 16.7. The molecular formula is C20H31N3O4S. The molecule has 1 N–H and O–H groups in total. The number of carbonyl (C=O) groups is 1. The lowest BCUT2D eigenvalue weighted by atomic mass is 10.2. The Morgan fingerprint density at radius 1 is 1.00 bits per heavy atom. The number of benzene rings is 1. The van der Waals surface area contributed by atoms with Gasteiger partial charge in [0.05, 0.1) is 24.2 Å². The number of piperidine rings is 1. The average Bonchev–Trinajstić information content (AvgIpc) is 2.97. The first kappa shape index (κ1) is 21.1. The number of carbonyl (C=O) groups excluding carboxylic acids is 1. The average molecular weight is 410 g/mol. The van der Waals surface area contributed by atoms with Crippen LogP contribution in [0.3, 0.4) is 0 Å². The summed E-state index contributed by atoms with van der Waals surface area (Å²) in [6, 6.07) is 4.68. The molecule has 2 saturated heterocycles. The third-order valence-electron chi connectivity index (χ3n) is 5.46. The van der Waals surface area contributed by atoms with Crippen molar-refractivity contribution in [1.29, 1.82) is 0 Å². The van der Waals surface area contributed by atoms with Gasteiger partial charge >= 0.3 is 0 Å². The standard InChI is InChI=1S/C20H31N3O4S/c1-27-19-10-9-17(28(25,26)23-13-7-4-8-14-23)15-18(19)21-20(24)16-22-11-5-2-3-6-12-22/h9-10,15H,2-8,11-14,16H2,1H3,(H,21,24). The quantitative estimate of drug-likeness (QED) is 0.781. The van der Waals surface area contributed by atoms with Crippen molar-refractivity contribution in [2.75, 3.05) is 45.2 Å². The zero-order valence-corrected chi connectivity index (χ0v) is 17.5. The van der Waals surface area contributed by atoms with Gasteiger partial charge in [0.15, 0.2) is 0 Å². The van der Waals surface area contributed by atoms with Gasteiger partial charge in [-0.3, -0.25) is 9.69 Å². The molecule has 1 amide bonds. The highest BCUT2D eigenvalue weighted by molar-refractivity contribution is 7.89. The lowest BCUT2D eigenvalue weighted by Crippen LogP contribution is -2.36. The second kappa shape index (κ2) is 9.71. The van der Waals surface area contributed by atoms with Crippen molar-refractivity contribution >= 4 is 21.6 Å². The van der Waals surface area contributed by atoms with Crippen LogP contribution in [0.5, 0.6) is 5.75 Å². The van der Waals surface area contributed by atoms with Crippen molar-refractivity contribution in [2.24, 2.45) is 0 Å².